The molecular weight excluding hydrogens is 222 g/mol. The van der Waals surface area contributed by atoms with Gasteiger partial charge < -0.3 is 5.73 Å². The first-order valence-electron chi connectivity index (χ1n) is 5.81. The van der Waals surface area contributed by atoms with E-state index < -0.39 is 0 Å². The van der Waals surface area contributed by atoms with Gasteiger partial charge in [0.2, 0.25) is 0 Å². The van der Waals surface area contributed by atoms with E-state index in [1.54, 1.807) is 0 Å². The Bertz CT molecular complexity index is 326. The Morgan fingerprint density at radius 1 is 1.50 bits per heavy atom. The van der Waals surface area contributed by atoms with Gasteiger partial charge in [0.15, 0.2) is 0 Å². The summed E-state index contributed by atoms with van der Waals surface area (Å²) < 4.78 is 0. The maximum Gasteiger partial charge on any atom is 0.129 e. The summed E-state index contributed by atoms with van der Waals surface area (Å²) in [6.07, 6.45) is 4.38. The number of aromatic nitrogens is 1. The second-order valence-corrected chi connectivity index (χ2v) is 4.86. The third kappa shape index (κ3) is 3.17. The molecule has 2 rings (SSSR count). The minimum atomic E-state index is 0.558. The lowest BCUT2D eigenvalue weighted by Gasteiger charge is -2.31. The van der Waals surface area contributed by atoms with Crippen LogP contribution in [0.5, 0.6) is 0 Å². The summed E-state index contributed by atoms with van der Waals surface area (Å²) >= 11 is 5.76. The number of halogens is 1. The van der Waals surface area contributed by atoms with Crippen LogP contribution in [0, 0.1) is 5.92 Å². The van der Waals surface area contributed by atoms with Crippen LogP contribution in [0.4, 0.5) is 0 Å². The molecule has 0 amide bonds. The molecule has 0 aliphatic carbocycles. The topological polar surface area (TPSA) is 42.1 Å². The van der Waals surface area contributed by atoms with Crippen molar-refractivity contribution in [2.75, 3.05) is 19.6 Å². The molecule has 1 aromatic rings. The van der Waals surface area contributed by atoms with Crippen LogP contribution in [0.1, 0.15) is 18.4 Å². The van der Waals surface area contributed by atoms with Gasteiger partial charge in [-0.15, -0.1) is 0 Å². The smallest absolute Gasteiger partial charge is 0.129 e. The Balaban J connectivity index is 1.91. The molecule has 2 N–H and O–H groups in total. The molecule has 1 atom stereocenters. The molecule has 0 aromatic carbocycles. The van der Waals surface area contributed by atoms with Crippen LogP contribution >= 0.6 is 11.6 Å². The second-order valence-electron chi connectivity index (χ2n) is 4.47. The fourth-order valence-corrected chi connectivity index (χ4v) is 2.36. The van der Waals surface area contributed by atoms with E-state index in [2.05, 4.69) is 9.88 Å². The fourth-order valence-electron chi connectivity index (χ4n) is 2.25. The number of nitrogens with two attached hydrogens (primary N) is 1. The van der Waals surface area contributed by atoms with Crippen LogP contribution in [0.2, 0.25) is 5.15 Å². The van der Waals surface area contributed by atoms with E-state index in [0.29, 0.717) is 11.1 Å². The summed E-state index contributed by atoms with van der Waals surface area (Å²) in [6.45, 7) is 4.04. The molecule has 1 aromatic heterocycles. The molecule has 0 saturated carbocycles. The van der Waals surface area contributed by atoms with Gasteiger partial charge >= 0.3 is 0 Å². The summed E-state index contributed by atoms with van der Waals surface area (Å²) in [4.78, 5) is 6.55. The van der Waals surface area contributed by atoms with E-state index in [0.717, 1.165) is 19.6 Å². The maximum absolute atomic E-state index is 5.76. The lowest BCUT2D eigenvalue weighted by atomic mass is 9.98. The molecule has 0 spiro atoms. The Morgan fingerprint density at radius 3 is 3.06 bits per heavy atom. The van der Waals surface area contributed by atoms with Crippen LogP contribution in [0.15, 0.2) is 18.3 Å². The average Bonchev–Trinajstić information content (AvgIpc) is 2.32. The van der Waals surface area contributed by atoms with E-state index in [9.17, 15) is 0 Å². The van der Waals surface area contributed by atoms with Crippen LogP contribution in [-0.4, -0.2) is 29.5 Å². The Hall–Kier alpha value is -0.640. The predicted molar refractivity (Wildman–Crippen MR) is 66.3 cm³/mol. The first kappa shape index (κ1) is 11.8. The number of piperidine rings is 1. The molecule has 4 heteroatoms. The molecule has 88 valence electrons. The zero-order chi connectivity index (χ0) is 11.4. The van der Waals surface area contributed by atoms with E-state index in [-0.39, 0.29) is 0 Å². The summed E-state index contributed by atoms with van der Waals surface area (Å²) in [5.41, 5.74) is 6.95. The molecule has 2 heterocycles. The number of likely N-dealkylation sites (tertiary alicyclic amines) is 1. The molecule has 1 aliphatic heterocycles. The zero-order valence-electron chi connectivity index (χ0n) is 9.40. The molecule has 0 unspecified atom stereocenters. The fraction of sp³-hybridized carbons (Fsp3) is 0.583. The van der Waals surface area contributed by atoms with Crippen LogP contribution in [0.25, 0.3) is 0 Å². The molecule has 0 bridgehead atoms. The first-order chi connectivity index (χ1) is 7.78. The van der Waals surface area contributed by atoms with Gasteiger partial charge in [-0.3, -0.25) is 4.90 Å². The third-order valence-electron chi connectivity index (χ3n) is 3.13. The normalized spacial score (nSPS) is 22.2. The van der Waals surface area contributed by atoms with E-state index in [4.69, 9.17) is 17.3 Å². The maximum atomic E-state index is 5.76. The minimum Gasteiger partial charge on any atom is -0.330 e. The van der Waals surface area contributed by atoms with Gasteiger partial charge in [-0.2, -0.15) is 0 Å². The largest absolute Gasteiger partial charge is 0.330 e. The zero-order valence-corrected chi connectivity index (χ0v) is 10.2. The second kappa shape index (κ2) is 5.62. The van der Waals surface area contributed by atoms with Gasteiger partial charge in [0, 0.05) is 19.3 Å². The average molecular weight is 240 g/mol. The Labute approximate surface area is 102 Å². The standard InChI is InChI=1S/C12H18ClN3/c13-12-4-3-11(7-15-12)9-16-5-1-2-10(6-14)8-16/h3-4,7,10H,1-2,5-6,8-9,14H2/t10-/m0/s1. The van der Waals surface area contributed by atoms with Gasteiger partial charge in [-0.25, -0.2) is 4.98 Å². The van der Waals surface area contributed by atoms with E-state index in [1.165, 1.54) is 24.9 Å². The van der Waals surface area contributed by atoms with Crippen molar-refractivity contribution >= 4 is 11.6 Å². The highest BCUT2D eigenvalue weighted by molar-refractivity contribution is 6.29. The molecular formula is C12H18ClN3. The van der Waals surface area contributed by atoms with Gasteiger partial charge in [-0.05, 0) is 43.5 Å². The SMILES string of the molecule is NC[C@@H]1CCCN(Cc2ccc(Cl)nc2)C1. The van der Waals surface area contributed by atoms with E-state index >= 15 is 0 Å². The van der Waals surface area contributed by atoms with Gasteiger partial charge in [0.05, 0.1) is 0 Å². The lowest BCUT2D eigenvalue weighted by Crippen LogP contribution is -2.37. The summed E-state index contributed by atoms with van der Waals surface area (Å²) in [7, 11) is 0. The summed E-state index contributed by atoms with van der Waals surface area (Å²) in [5.74, 6) is 0.661. The summed E-state index contributed by atoms with van der Waals surface area (Å²) in [5, 5.41) is 0.558. The van der Waals surface area contributed by atoms with Crippen molar-refractivity contribution in [3.8, 4) is 0 Å². The number of rotatable bonds is 3. The molecule has 1 aliphatic rings. The first-order valence-corrected chi connectivity index (χ1v) is 6.18. The Morgan fingerprint density at radius 2 is 2.38 bits per heavy atom. The number of nitrogens with zero attached hydrogens (tertiary/aromatic N) is 2. The molecule has 1 saturated heterocycles. The van der Waals surface area contributed by atoms with Crippen molar-refractivity contribution in [3.05, 3.63) is 29.0 Å². The number of hydrogen-bond acceptors (Lipinski definition) is 3. The predicted octanol–water partition coefficient (Wildman–Crippen LogP) is 1.91. The molecule has 16 heavy (non-hydrogen) atoms. The Kier molecular flexibility index (Phi) is 4.16. The van der Waals surface area contributed by atoms with Crippen molar-refractivity contribution in [2.45, 2.75) is 19.4 Å². The van der Waals surface area contributed by atoms with E-state index in [1.807, 2.05) is 18.3 Å². The van der Waals surface area contributed by atoms with Gasteiger partial charge in [0.25, 0.3) is 0 Å². The van der Waals surface area contributed by atoms with Crippen molar-refractivity contribution in [2.24, 2.45) is 11.7 Å². The lowest BCUT2D eigenvalue weighted by molar-refractivity contribution is 0.171. The summed E-state index contributed by atoms with van der Waals surface area (Å²) in [6, 6.07) is 3.89. The highest BCUT2D eigenvalue weighted by Gasteiger charge is 2.18. The van der Waals surface area contributed by atoms with Crippen molar-refractivity contribution in [3.63, 3.8) is 0 Å². The van der Waals surface area contributed by atoms with Crippen LogP contribution in [-0.2, 0) is 6.54 Å². The molecule has 1 fully saturated rings. The number of hydrogen-bond donors (Lipinski definition) is 1. The number of pyridine rings is 1. The van der Waals surface area contributed by atoms with Crippen LogP contribution < -0.4 is 5.73 Å². The third-order valence-corrected chi connectivity index (χ3v) is 3.35. The minimum absolute atomic E-state index is 0.558. The highest BCUT2D eigenvalue weighted by atomic mass is 35.5. The van der Waals surface area contributed by atoms with Gasteiger partial charge in [0.1, 0.15) is 5.15 Å². The monoisotopic (exact) mass is 239 g/mol. The molecule has 0 radical (unpaired) electrons. The highest BCUT2D eigenvalue weighted by Crippen LogP contribution is 2.17. The van der Waals surface area contributed by atoms with Crippen LogP contribution in [0.3, 0.4) is 0 Å². The van der Waals surface area contributed by atoms with Crippen molar-refractivity contribution < 1.29 is 0 Å². The molecule has 3 nitrogen and oxygen atoms in total. The quantitative estimate of drug-likeness (QED) is 0.820. The van der Waals surface area contributed by atoms with Crippen molar-refractivity contribution in [1.29, 1.82) is 0 Å². The van der Waals surface area contributed by atoms with Crippen molar-refractivity contribution in [1.82, 2.24) is 9.88 Å². The van der Waals surface area contributed by atoms with Gasteiger partial charge in [-0.1, -0.05) is 17.7 Å².